The van der Waals surface area contributed by atoms with Crippen molar-refractivity contribution in [3.05, 3.63) is 83.3 Å². The number of aryl methyl sites for hydroxylation is 1. The van der Waals surface area contributed by atoms with E-state index in [9.17, 15) is 9.50 Å². The fraction of sp³-hybridized carbons (Fsp3) is 0.125. The monoisotopic (exact) mass is 475 g/mol. The average Bonchev–Trinajstić information content (AvgIpc) is 3.25. The number of nitrogens with zero attached hydrogens (tertiary/aromatic N) is 6. The fourth-order valence-electron chi connectivity index (χ4n) is 3.62. The summed E-state index contributed by atoms with van der Waals surface area (Å²) in [6.07, 6.45) is 1.85. The Balaban J connectivity index is 1.55. The zero-order valence-electron chi connectivity index (χ0n) is 18.2. The van der Waals surface area contributed by atoms with Gasteiger partial charge in [0.25, 0.3) is 0 Å². The molecule has 0 radical (unpaired) electrons. The maximum Gasteiger partial charge on any atom is 0.153 e. The lowest BCUT2D eigenvalue weighted by molar-refractivity contribution is 0.199. The molecule has 0 saturated carbocycles. The van der Waals surface area contributed by atoms with E-state index >= 15 is 0 Å². The minimum Gasteiger partial charge on any atom is -0.389 e. The molecule has 0 aliphatic heterocycles. The van der Waals surface area contributed by atoms with Crippen LogP contribution in [0, 0.1) is 12.7 Å². The Morgan fingerprint density at radius 1 is 1.06 bits per heavy atom. The Hall–Kier alpha value is -3.95. The highest BCUT2D eigenvalue weighted by Gasteiger charge is 2.18. The molecule has 1 aromatic carbocycles. The highest BCUT2D eigenvalue weighted by atomic mass is 35.5. The van der Waals surface area contributed by atoms with Crippen LogP contribution in [0.25, 0.3) is 28.1 Å². The van der Waals surface area contributed by atoms with E-state index in [4.69, 9.17) is 16.6 Å². The summed E-state index contributed by atoms with van der Waals surface area (Å²) < 4.78 is 15.7. The number of aromatic nitrogens is 6. The number of benzene rings is 1. The van der Waals surface area contributed by atoms with Gasteiger partial charge in [-0.1, -0.05) is 17.7 Å². The van der Waals surface area contributed by atoms with Crippen LogP contribution < -0.4 is 5.32 Å². The summed E-state index contributed by atoms with van der Waals surface area (Å²) in [6, 6.07) is 14.2. The molecular formula is C24H19ClFN7O. The van der Waals surface area contributed by atoms with Crippen LogP contribution in [0.15, 0.2) is 61.1 Å². The van der Waals surface area contributed by atoms with Gasteiger partial charge in [0.05, 0.1) is 34.7 Å². The number of halogens is 2. The molecule has 5 rings (SSSR count). The molecule has 10 heteroatoms. The zero-order chi connectivity index (χ0) is 23.8. The summed E-state index contributed by atoms with van der Waals surface area (Å²) in [7, 11) is 0. The summed E-state index contributed by atoms with van der Waals surface area (Å²) >= 11 is 6.24. The SMILES string of the molecule is Cc1ccc(Nc2ccc3c(c2)ncn3-c2ccc(C(C)O)c(-c3cc(F)cnc3Cl)n2)nn1. The van der Waals surface area contributed by atoms with Gasteiger partial charge in [-0.25, -0.2) is 19.3 Å². The largest absolute Gasteiger partial charge is 0.389 e. The number of nitrogens with one attached hydrogen (secondary N) is 1. The molecule has 4 aromatic heterocycles. The van der Waals surface area contributed by atoms with Gasteiger partial charge in [-0.3, -0.25) is 4.57 Å². The van der Waals surface area contributed by atoms with Gasteiger partial charge in [-0.05, 0) is 56.3 Å². The predicted molar refractivity (Wildman–Crippen MR) is 128 cm³/mol. The smallest absolute Gasteiger partial charge is 0.153 e. The summed E-state index contributed by atoms with van der Waals surface area (Å²) in [5, 5.41) is 21.7. The zero-order valence-corrected chi connectivity index (χ0v) is 19.0. The van der Waals surface area contributed by atoms with E-state index in [2.05, 4.69) is 25.5 Å². The van der Waals surface area contributed by atoms with Gasteiger partial charge < -0.3 is 10.4 Å². The van der Waals surface area contributed by atoms with Crippen LogP contribution >= 0.6 is 11.6 Å². The van der Waals surface area contributed by atoms with Crippen molar-refractivity contribution < 1.29 is 9.50 Å². The lowest BCUT2D eigenvalue weighted by atomic mass is 10.0. The molecule has 0 saturated heterocycles. The minimum atomic E-state index is -0.839. The normalized spacial score (nSPS) is 12.1. The van der Waals surface area contributed by atoms with Crippen molar-refractivity contribution in [2.75, 3.05) is 5.32 Å². The first-order chi connectivity index (χ1) is 16.4. The molecule has 0 fully saturated rings. The second-order valence-electron chi connectivity index (χ2n) is 7.78. The van der Waals surface area contributed by atoms with Crippen LogP contribution in [0.3, 0.4) is 0 Å². The molecule has 0 bridgehead atoms. The van der Waals surface area contributed by atoms with Crippen LogP contribution in [0.1, 0.15) is 24.3 Å². The summed E-state index contributed by atoms with van der Waals surface area (Å²) in [6.45, 7) is 3.49. The van der Waals surface area contributed by atoms with Crippen molar-refractivity contribution in [2.45, 2.75) is 20.0 Å². The first kappa shape index (κ1) is 21.9. The second kappa shape index (κ2) is 8.77. The van der Waals surface area contributed by atoms with Gasteiger partial charge in [0, 0.05) is 16.8 Å². The second-order valence-corrected chi connectivity index (χ2v) is 8.14. The lowest BCUT2D eigenvalue weighted by Gasteiger charge is -2.14. The molecule has 0 aliphatic rings. The van der Waals surface area contributed by atoms with Gasteiger partial charge in [0.15, 0.2) is 5.82 Å². The number of hydrogen-bond donors (Lipinski definition) is 2. The van der Waals surface area contributed by atoms with Gasteiger partial charge in [0.1, 0.15) is 23.1 Å². The minimum absolute atomic E-state index is 0.0957. The standard InChI is InChI=1S/C24H19ClFN7O/c1-13-3-7-21(32-31-13)29-16-4-6-20-19(10-16)28-12-33(20)22-8-5-17(14(2)34)23(30-22)18-9-15(26)11-27-24(18)25/h3-12,14,34H,1-2H3,(H,29,32). The molecule has 0 aliphatic carbocycles. The van der Waals surface area contributed by atoms with Crippen molar-refractivity contribution in [3.63, 3.8) is 0 Å². The maximum absolute atomic E-state index is 13.9. The Bertz CT molecular complexity index is 1500. The number of aliphatic hydroxyl groups is 1. The number of fused-ring (bicyclic) bond motifs is 1. The average molecular weight is 476 g/mol. The van der Waals surface area contributed by atoms with Gasteiger partial charge in [-0.15, -0.1) is 5.10 Å². The summed E-state index contributed by atoms with van der Waals surface area (Å²) in [5.41, 5.74) is 4.35. The highest BCUT2D eigenvalue weighted by Crippen LogP contribution is 2.33. The Labute approximate surface area is 199 Å². The van der Waals surface area contributed by atoms with Crippen molar-refractivity contribution in [1.29, 1.82) is 0 Å². The molecule has 0 spiro atoms. The molecular weight excluding hydrogens is 457 g/mol. The van der Waals surface area contributed by atoms with E-state index in [1.165, 1.54) is 6.07 Å². The van der Waals surface area contributed by atoms with Gasteiger partial charge in [-0.2, -0.15) is 5.10 Å². The van der Waals surface area contributed by atoms with E-state index in [-0.39, 0.29) is 5.15 Å². The van der Waals surface area contributed by atoms with E-state index in [1.807, 2.05) is 37.3 Å². The maximum atomic E-state index is 13.9. The van der Waals surface area contributed by atoms with Crippen LogP contribution in [0.4, 0.5) is 15.9 Å². The summed E-state index contributed by atoms with van der Waals surface area (Å²) in [4.78, 5) is 13.1. The van der Waals surface area contributed by atoms with Crippen LogP contribution in [0.2, 0.25) is 5.15 Å². The molecule has 1 atom stereocenters. The van der Waals surface area contributed by atoms with E-state index in [0.717, 1.165) is 28.6 Å². The Morgan fingerprint density at radius 2 is 1.91 bits per heavy atom. The number of pyridine rings is 2. The van der Waals surface area contributed by atoms with E-state index in [0.29, 0.717) is 28.5 Å². The third-order valence-corrected chi connectivity index (χ3v) is 5.59. The number of imidazole rings is 1. The first-order valence-electron chi connectivity index (χ1n) is 10.4. The fourth-order valence-corrected chi connectivity index (χ4v) is 3.81. The first-order valence-corrected chi connectivity index (χ1v) is 10.8. The van der Waals surface area contributed by atoms with Crippen LogP contribution in [0.5, 0.6) is 0 Å². The van der Waals surface area contributed by atoms with Gasteiger partial charge >= 0.3 is 0 Å². The van der Waals surface area contributed by atoms with Crippen LogP contribution in [-0.4, -0.2) is 34.8 Å². The Morgan fingerprint density at radius 3 is 2.68 bits per heavy atom. The van der Waals surface area contributed by atoms with E-state index in [1.54, 1.807) is 30.0 Å². The van der Waals surface area contributed by atoms with Crippen molar-refractivity contribution in [3.8, 4) is 17.1 Å². The van der Waals surface area contributed by atoms with Crippen molar-refractivity contribution in [1.82, 2.24) is 29.7 Å². The molecule has 34 heavy (non-hydrogen) atoms. The number of aliphatic hydroxyl groups excluding tert-OH is 1. The molecule has 0 amide bonds. The topological polar surface area (TPSA) is 102 Å². The predicted octanol–water partition coefficient (Wildman–Crippen LogP) is 5.17. The molecule has 5 aromatic rings. The third kappa shape index (κ3) is 4.18. The van der Waals surface area contributed by atoms with E-state index < -0.39 is 11.9 Å². The third-order valence-electron chi connectivity index (χ3n) is 5.29. The lowest BCUT2D eigenvalue weighted by Crippen LogP contribution is -2.04. The number of anilines is 2. The van der Waals surface area contributed by atoms with Crippen molar-refractivity contribution in [2.24, 2.45) is 0 Å². The number of rotatable bonds is 5. The number of hydrogen-bond acceptors (Lipinski definition) is 7. The quantitative estimate of drug-likeness (QED) is 0.338. The summed E-state index contributed by atoms with van der Waals surface area (Å²) in [5.74, 6) is 0.617. The molecule has 2 N–H and O–H groups in total. The van der Waals surface area contributed by atoms with Gasteiger partial charge in [0.2, 0.25) is 0 Å². The molecule has 4 heterocycles. The van der Waals surface area contributed by atoms with Crippen molar-refractivity contribution >= 4 is 34.1 Å². The molecule has 8 nitrogen and oxygen atoms in total. The molecule has 1 unspecified atom stereocenters. The highest BCUT2D eigenvalue weighted by molar-refractivity contribution is 6.32. The molecule has 170 valence electrons. The Kier molecular flexibility index (Phi) is 5.64. The van der Waals surface area contributed by atoms with Crippen LogP contribution in [-0.2, 0) is 0 Å².